The van der Waals surface area contributed by atoms with Gasteiger partial charge in [0.2, 0.25) is 11.9 Å². The molecule has 1 unspecified atom stereocenters. The molecule has 114 valence electrons. The Morgan fingerprint density at radius 2 is 2.18 bits per heavy atom. The summed E-state index contributed by atoms with van der Waals surface area (Å²) in [5.74, 6) is -0.0313. The lowest BCUT2D eigenvalue weighted by molar-refractivity contribution is -0.118. The third-order valence-corrected chi connectivity index (χ3v) is 4.04. The lowest BCUT2D eigenvalue weighted by Crippen LogP contribution is -2.38. The average Bonchev–Trinajstić information content (AvgIpc) is 2.78. The number of carbonyl (C=O) groups is 1. The summed E-state index contributed by atoms with van der Waals surface area (Å²) < 4.78 is 0. The van der Waals surface area contributed by atoms with E-state index in [2.05, 4.69) is 9.97 Å². The van der Waals surface area contributed by atoms with Crippen LogP contribution in [0.15, 0.2) is 29.1 Å². The van der Waals surface area contributed by atoms with Crippen LogP contribution < -0.4 is 16.2 Å². The smallest absolute Gasteiger partial charge is 0.256 e. The molecule has 1 atom stereocenters. The van der Waals surface area contributed by atoms with Gasteiger partial charge in [-0.2, -0.15) is 0 Å². The van der Waals surface area contributed by atoms with Crippen LogP contribution in [0, 0.1) is 6.92 Å². The van der Waals surface area contributed by atoms with Gasteiger partial charge in [-0.15, -0.1) is 0 Å². The Bertz CT molecular complexity index is 797. The molecule has 1 aromatic heterocycles. The molecule has 0 saturated carbocycles. The van der Waals surface area contributed by atoms with Gasteiger partial charge in [0.1, 0.15) is 0 Å². The van der Waals surface area contributed by atoms with Gasteiger partial charge >= 0.3 is 0 Å². The Balaban J connectivity index is 1.92. The topological polar surface area (TPSA) is 92.1 Å². The molecule has 0 aliphatic carbocycles. The molecule has 3 rings (SSSR count). The minimum atomic E-state index is -0.349. The van der Waals surface area contributed by atoms with Gasteiger partial charge in [0.15, 0.2) is 0 Å². The van der Waals surface area contributed by atoms with E-state index in [1.807, 2.05) is 31.2 Å². The van der Waals surface area contributed by atoms with Crippen LogP contribution in [-0.4, -0.2) is 21.9 Å². The highest BCUT2D eigenvalue weighted by atomic mass is 16.2. The first kappa shape index (κ1) is 14.3. The number of nitrogen functional groups attached to an aromatic ring is 1. The van der Waals surface area contributed by atoms with E-state index in [1.54, 1.807) is 11.8 Å². The van der Waals surface area contributed by atoms with Gasteiger partial charge in [0.25, 0.3) is 5.56 Å². The monoisotopic (exact) mass is 298 g/mol. The summed E-state index contributed by atoms with van der Waals surface area (Å²) in [5, 5.41) is 0. The molecule has 1 aliphatic rings. The zero-order valence-corrected chi connectivity index (χ0v) is 12.6. The van der Waals surface area contributed by atoms with Gasteiger partial charge in [-0.25, -0.2) is 4.98 Å². The van der Waals surface area contributed by atoms with Crippen molar-refractivity contribution in [1.29, 1.82) is 0 Å². The van der Waals surface area contributed by atoms with Gasteiger partial charge in [-0.1, -0.05) is 18.2 Å². The summed E-state index contributed by atoms with van der Waals surface area (Å²) in [6.45, 7) is 3.70. The molecular formula is C16H18N4O2. The van der Waals surface area contributed by atoms with E-state index in [0.29, 0.717) is 11.3 Å². The van der Waals surface area contributed by atoms with Gasteiger partial charge in [0, 0.05) is 17.3 Å². The van der Waals surface area contributed by atoms with E-state index in [-0.39, 0.29) is 29.9 Å². The lowest BCUT2D eigenvalue weighted by atomic mass is 10.1. The molecule has 0 saturated heterocycles. The van der Waals surface area contributed by atoms with Crippen molar-refractivity contribution in [2.45, 2.75) is 32.7 Å². The van der Waals surface area contributed by atoms with Crippen LogP contribution in [0.4, 0.5) is 11.6 Å². The van der Waals surface area contributed by atoms with Crippen molar-refractivity contribution in [1.82, 2.24) is 9.97 Å². The van der Waals surface area contributed by atoms with E-state index < -0.39 is 0 Å². The summed E-state index contributed by atoms with van der Waals surface area (Å²) in [5.41, 5.74) is 8.11. The second-order valence-electron chi connectivity index (χ2n) is 5.64. The maximum Gasteiger partial charge on any atom is 0.256 e. The first-order valence-corrected chi connectivity index (χ1v) is 7.22. The van der Waals surface area contributed by atoms with Crippen LogP contribution in [0.2, 0.25) is 0 Å². The number of H-pyrrole nitrogens is 1. The SMILES string of the molecule is Cc1nc(N)[nH]c(=O)c1CC(=O)N1c2ccccc2CC1C. The number of fused-ring (bicyclic) bond motifs is 1. The molecule has 2 aromatic rings. The van der Waals surface area contributed by atoms with Crippen molar-refractivity contribution < 1.29 is 4.79 Å². The first-order valence-electron chi connectivity index (χ1n) is 7.22. The average molecular weight is 298 g/mol. The van der Waals surface area contributed by atoms with E-state index in [9.17, 15) is 9.59 Å². The predicted octanol–water partition coefficient (Wildman–Crippen LogP) is 1.18. The number of carbonyl (C=O) groups excluding carboxylic acids is 1. The van der Waals surface area contributed by atoms with E-state index >= 15 is 0 Å². The standard InChI is InChI=1S/C16H18N4O2/c1-9-7-11-5-3-4-6-13(11)20(9)14(21)8-12-10(2)18-16(17)19-15(12)22/h3-6,9H,7-8H2,1-2H3,(H3,17,18,19,22). The molecular weight excluding hydrogens is 280 g/mol. The minimum Gasteiger partial charge on any atom is -0.369 e. The summed E-state index contributed by atoms with van der Waals surface area (Å²) in [6, 6.07) is 7.95. The Hall–Kier alpha value is -2.63. The molecule has 2 heterocycles. The van der Waals surface area contributed by atoms with Crippen LogP contribution in [0.1, 0.15) is 23.7 Å². The first-order chi connectivity index (χ1) is 10.5. The van der Waals surface area contributed by atoms with Crippen LogP contribution in [0.3, 0.4) is 0 Å². The molecule has 1 aromatic carbocycles. The number of aryl methyl sites for hydroxylation is 1. The maximum atomic E-state index is 12.7. The largest absolute Gasteiger partial charge is 0.369 e. The lowest BCUT2D eigenvalue weighted by Gasteiger charge is -2.22. The highest BCUT2D eigenvalue weighted by Crippen LogP contribution is 2.32. The number of anilines is 2. The summed E-state index contributed by atoms with van der Waals surface area (Å²) >= 11 is 0. The Labute approximate surface area is 128 Å². The van der Waals surface area contributed by atoms with Crippen LogP contribution >= 0.6 is 0 Å². The van der Waals surface area contributed by atoms with E-state index in [1.165, 1.54) is 0 Å². The van der Waals surface area contributed by atoms with Crippen molar-refractivity contribution in [3.05, 3.63) is 51.4 Å². The predicted molar refractivity (Wildman–Crippen MR) is 84.8 cm³/mol. The summed E-state index contributed by atoms with van der Waals surface area (Å²) in [4.78, 5) is 32.9. The number of rotatable bonds is 2. The fourth-order valence-corrected chi connectivity index (χ4v) is 3.02. The van der Waals surface area contributed by atoms with Crippen molar-refractivity contribution in [2.75, 3.05) is 10.6 Å². The van der Waals surface area contributed by atoms with Crippen LogP contribution in [0.5, 0.6) is 0 Å². The zero-order chi connectivity index (χ0) is 15.9. The summed E-state index contributed by atoms with van der Waals surface area (Å²) in [6.07, 6.45) is 0.852. The molecule has 6 nitrogen and oxygen atoms in total. The van der Waals surface area contributed by atoms with Gasteiger partial charge < -0.3 is 10.6 Å². The molecule has 22 heavy (non-hydrogen) atoms. The fourth-order valence-electron chi connectivity index (χ4n) is 3.02. The van der Waals surface area contributed by atoms with Crippen molar-refractivity contribution in [3.8, 4) is 0 Å². The Morgan fingerprint density at radius 1 is 1.45 bits per heavy atom. The number of hydrogen-bond donors (Lipinski definition) is 2. The van der Waals surface area contributed by atoms with Gasteiger partial charge in [-0.3, -0.25) is 14.6 Å². The maximum absolute atomic E-state index is 12.7. The molecule has 0 spiro atoms. The Kier molecular flexibility index (Phi) is 3.44. The number of aromatic amines is 1. The van der Waals surface area contributed by atoms with Crippen LogP contribution in [0.25, 0.3) is 0 Å². The third-order valence-electron chi connectivity index (χ3n) is 4.04. The highest BCUT2D eigenvalue weighted by Gasteiger charge is 2.31. The number of nitrogens with two attached hydrogens (primary N) is 1. The molecule has 0 fully saturated rings. The second kappa shape index (κ2) is 5.29. The molecule has 6 heteroatoms. The van der Waals surface area contributed by atoms with Crippen LogP contribution in [-0.2, 0) is 17.6 Å². The third kappa shape index (κ3) is 2.36. The minimum absolute atomic E-state index is 0.0210. The van der Waals surface area contributed by atoms with E-state index in [4.69, 9.17) is 5.73 Å². The summed E-state index contributed by atoms with van der Waals surface area (Å²) in [7, 11) is 0. The molecule has 0 radical (unpaired) electrons. The zero-order valence-electron chi connectivity index (χ0n) is 12.6. The van der Waals surface area contributed by atoms with Crippen molar-refractivity contribution >= 4 is 17.5 Å². The number of amides is 1. The highest BCUT2D eigenvalue weighted by molar-refractivity contribution is 5.97. The molecule has 0 bridgehead atoms. The normalized spacial score (nSPS) is 16.6. The Morgan fingerprint density at radius 3 is 2.91 bits per heavy atom. The van der Waals surface area contributed by atoms with Crippen molar-refractivity contribution in [3.63, 3.8) is 0 Å². The molecule has 1 amide bonds. The fraction of sp³-hybridized carbons (Fsp3) is 0.312. The van der Waals surface area contributed by atoms with Crippen molar-refractivity contribution in [2.24, 2.45) is 0 Å². The van der Waals surface area contributed by atoms with Gasteiger partial charge in [0.05, 0.1) is 12.1 Å². The number of nitrogens with zero attached hydrogens (tertiary/aromatic N) is 2. The number of aromatic nitrogens is 2. The number of nitrogens with one attached hydrogen (secondary N) is 1. The molecule has 1 aliphatic heterocycles. The number of para-hydroxylation sites is 1. The van der Waals surface area contributed by atoms with Gasteiger partial charge in [-0.05, 0) is 31.9 Å². The number of benzene rings is 1. The van der Waals surface area contributed by atoms with E-state index in [0.717, 1.165) is 17.7 Å². The second-order valence-corrected chi connectivity index (χ2v) is 5.64. The quantitative estimate of drug-likeness (QED) is 0.871. The molecule has 3 N–H and O–H groups in total. The number of hydrogen-bond acceptors (Lipinski definition) is 4.